The number of urea groups is 1. The minimum atomic E-state index is -2.17. The lowest BCUT2D eigenvalue weighted by Gasteiger charge is -2.44. The van der Waals surface area contributed by atoms with Crippen molar-refractivity contribution in [3.8, 4) is 0 Å². The first-order valence-corrected chi connectivity index (χ1v) is 5.28. The van der Waals surface area contributed by atoms with Crippen LogP contribution in [0.1, 0.15) is 0 Å². The number of ether oxygens (including phenoxy) is 1. The molecule has 2 heterocycles. The second kappa shape index (κ2) is 4.14. The Kier molecular flexibility index (Phi) is 3.03. The molecule has 2 aliphatic rings. The lowest BCUT2D eigenvalue weighted by atomic mass is 9.90. The Hall–Kier alpha value is -1.26. The van der Waals surface area contributed by atoms with Crippen LogP contribution in [0.15, 0.2) is 0 Å². The zero-order chi connectivity index (χ0) is 13.7. The predicted molar refractivity (Wildman–Crippen MR) is 54.0 cm³/mol. The molecule has 3 amide bonds. The van der Waals surface area contributed by atoms with E-state index in [-0.39, 0.29) is 0 Å². The summed E-state index contributed by atoms with van der Waals surface area (Å²) in [5, 5.41) is 40.2. The summed E-state index contributed by atoms with van der Waals surface area (Å²) in [7, 11) is 1.17. The average molecular weight is 262 g/mol. The summed E-state index contributed by atoms with van der Waals surface area (Å²) in [5.74, 6) is -0.899. The number of aliphatic hydroxyl groups is 4. The average Bonchev–Trinajstić information content (AvgIpc) is 2.57. The van der Waals surface area contributed by atoms with Crippen LogP contribution in [0, 0.1) is 0 Å². The summed E-state index contributed by atoms with van der Waals surface area (Å²) in [4.78, 5) is 24.0. The number of carbonyl (C=O) groups is 2. The summed E-state index contributed by atoms with van der Waals surface area (Å²) in [6.45, 7) is -0.681. The Morgan fingerprint density at radius 3 is 2.39 bits per heavy atom. The normalized spacial score (nSPS) is 44.6. The molecule has 102 valence electrons. The van der Waals surface area contributed by atoms with Crippen LogP contribution in [-0.4, -0.2) is 81.1 Å². The quantitative estimate of drug-likeness (QED) is 0.307. The minimum Gasteiger partial charge on any atom is -0.394 e. The lowest BCUT2D eigenvalue weighted by molar-refractivity contribution is -0.268. The van der Waals surface area contributed by atoms with Gasteiger partial charge >= 0.3 is 6.03 Å². The summed E-state index contributed by atoms with van der Waals surface area (Å²) >= 11 is 0. The second-order valence-corrected chi connectivity index (χ2v) is 4.29. The van der Waals surface area contributed by atoms with Crippen molar-refractivity contribution >= 4 is 11.9 Å². The topological polar surface area (TPSA) is 140 Å². The van der Waals surface area contributed by atoms with E-state index in [0.29, 0.717) is 4.90 Å². The van der Waals surface area contributed by atoms with Crippen molar-refractivity contribution in [1.82, 2.24) is 10.2 Å². The van der Waals surface area contributed by atoms with Crippen molar-refractivity contribution in [2.45, 2.75) is 30.1 Å². The molecule has 18 heavy (non-hydrogen) atoms. The highest BCUT2D eigenvalue weighted by Crippen LogP contribution is 2.32. The van der Waals surface area contributed by atoms with Crippen LogP contribution in [0.2, 0.25) is 0 Å². The van der Waals surface area contributed by atoms with Gasteiger partial charge < -0.3 is 25.2 Å². The van der Waals surface area contributed by atoms with Gasteiger partial charge in [0, 0.05) is 7.05 Å². The van der Waals surface area contributed by atoms with Crippen LogP contribution in [0.25, 0.3) is 0 Å². The van der Waals surface area contributed by atoms with Gasteiger partial charge in [0.15, 0.2) is 0 Å². The standard InChI is InChI=1S/C9H14N2O7/c1-11-7(16)9(10-8(11)17)6(15)5(14)4(13)3(2-12)18-9/h3-6,12-15H,2H2,1H3,(H,10,17)/t3-,4-,5+,6-,9-/m1/s1. The molecule has 5 N–H and O–H groups in total. The molecule has 0 radical (unpaired) electrons. The second-order valence-electron chi connectivity index (χ2n) is 4.29. The van der Waals surface area contributed by atoms with Gasteiger partial charge in [0.1, 0.15) is 24.4 Å². The number of amides is 3. The smallest absolute Gasteiger partial charge is 0.326 e. The highest BCUT2D eigenvalue weighted by atomic mass is 16.6. The zero-order valence-corrected chi connectivity index (χ0v) is 9.48. The van der Waals surface area contributed by atoms with Crippen molar-refractivity contribution in [2.75, 3.05) is 13.7 Å². The molecule has 2 saturated heterocycles. The fourth-order valence-corrected chi connectivity index (χ4v) is 2.09. The van der Waals surface area contributed by atoms with E-state index in [4.69, 9.17) is 9.84 Å². The van der Waals surface area contributed by atoms with E-state index in [1.54, 1.807) is 0 Å². The van der Waals surface area contributed by atoms with Gasteiger partial charge in [-0.1, -0.05) is 0 Å². The number of hydrogen-bond acceptors (Lipinski definition) is 7. The number of carbonyl (C=O) groups excluding carboxylic acids is 2. The molecule has 0 saturated carbocycles. The van der Waals surface area contributed by atoms with Crippen LogP contribution in [0.4, 0.5) is 4.79 Å². The Morgan fingerprint density at radius 1 is 1.33 bits per heavy atom. The van der Waals surface area contributed by atoms with Gasteiger partial charge in [-0.15, -0.1) is 0 Å². The van der Waals surface area contributed by atoms with E-state index in [1.807, 2.05) is 0 Å². The number of hydrogen-bond donors (Lipinski definition) is 5. The number of rotatable bonds is 1. The largest absolute Gasteiger partial charge is 0.394 e. The molecule has 1 spiro atoms. The molecule has 2 fully saturated rings. The summed E-state index contributed by atoms with van der Waals surface area (Å²) in [5.41, 5.74) is -2.17. The van der Waals surface area contributed by atoms with E-state index >= 15 is 0 Å². The van der Waals surface area contributed by atoms with Gasteiger partial charge in [-0.3, -0.25) is 15.0 Å². The molecular formula is C9H14N2O7. The van der Waals surface area contributed by atoms with Crippen molar-refractivity contribution in [1.29, 1.82) is 0 Å². The number of aliphatic hydroxyl groups excluding tert-OH is 4. The van der Waals surface area contributed by atoms with Gasteiger partial charge in [-0.05, 0) is 0 Å². The van der Waals surface area contributed by atoms with Crippen molar-refractivity contribution < 1.29 is 34.8 Å². The molecule has 2 rings (SSSR count). The highest BCUT2D eigenvalue weighted by Gasteiger charge is 2.63. The van der Waals surface area contributed by atoms with Crippen LogP contribution < -0.4 is 5.32 Å². The van der Waals surface area contributed by atoms with Crippen LogP contribution in [0.5, 0.6) is 0 Å². The Balaban J connectivity index is 2.38. The van der Waals surface area contributed by atoms with Gasteiger partial charge in [0.2, 0.25) is 0 Å². The van der Waals surface area contributed by atoms with E-state index in [9.17, 15) is 24.9 Å². The fourth-order valence-electron chi connectivity index (χ4n) is 2.09. The van der Waals surface area contributed by atoms with Gasteiger partial charge in [0.25, 0.3) is 11.6 Å². The summed E-state index contributed by atoms with van der Waals surface area (Å²) in [6.07, 6.45) is -6.42. The number of nitrogens with zero attached hydrogens (tertiary/aromatic N) is 1. The molecule has 9 nitrogen and oxygen atoms in total. The van der Waals surface area contributed by atoms with E-state index < -0.39 is 48.7 Å². The number of imide groups is 1. The van der Waals surface area contributed by atoms with E-state index in [1.165, 1.54) is 7.05 Å². The predicted octanol–water partition coefficient (Wildman–Crippen LogP) is -3.66. The van der Waals surface area contributed by atoms with Crippen molar-refractivity contribution in [3.05, 3.63) is 0 Å². The third-order valence-electron chi connectivity index (χ3n) is 3.21. The Morgan fingerprint density at radius 2 is 1.94 bits per heavy atom. The Bertz CT molecular complexity index is 387. The molecule has 2 aliphatic heterocycles. The molecule has 9 heteroatoms. The van der Waals surface area contributed by atoms with Crippen LogP contribution >= 0.6 is 0 Å². The fraction of sp³-hybridized carbons (Fsp3) is 0.778. The van der Waals surface area contributed by atoms with Crippen molar-refractivity contribution in [3.63, 3.8) is 0 Å². The van der Waals surface area contributed by atoms with E-state index in [0.717, 1.165) is 0 Å². The monoisotopic (exact) mass is 262 g/mol. The molecule has 0 unspecified atom stereocenters. The molecule has 0 aliphatic carbocycles. The van der Waals surface area contributed by atoms with E-state index in [2.05, 4.69) is 5.32 Å². The third kappa shape index (κ3) is 1.52. The SMILES string of the molecule is CN1C(=O)N[C@]2(O[C@H](CO)[C@@H](O)[C@H](O)[C@H]2O)C1=O. The first-order chi connectivity index (χ1) is 8.35. The summed E-state index contributed by atoms with van der Waals surface area (Å²) in [6, 6.07) is -0.806. The third-order valence-corrected chi connectivity index (χ3v) is 3.21. The Labute approximate surface area is 102 Å². The molecule has 0 bridgehead atoms. The maximum Gasteiger partial charge on any atom is 0.326 e. The maximum atomic E-state index is 11.9. The highest BCUT2D eigenvalue weighted by molar-refractivity contribution is 6.06. The summed E-state index contributed by atoms with van der Waals surface area (Å²) < 4.78 is 5.10. The lowest BCUT2D eigenvalue weighted by Crippen LogP contribution is -2.71. The first-order valence-electron chi connectivity index (χ1n) is 5.28. The van der Waals surface area contributed by atoms with Crippen LogP contribution in [0.3, 0.4) is 0 Å². The number of likely N-dealkylation sites (N-methyl/N-ethyl adjacent to an activating group) is 1. The van der Waals surface area contributed by atoms with Gasteiger partial charge in [-0.2, -0.15) is 0 Å². The molecule has 5 atom stereocenters. The molecule has 0 aromatic carbocycles. The molecule has 0 aromatic rings. The number of nitrogens with one attached hydrogen (secondary N) is 1. The molecule has 0 aromatic heterocycles. The minimum absolute atomic E-state index is 0.681. The van der Waals surface area contributed by atoms with Gasteiger partial charge in [0.05, 0.1) is 6.61 Å². The maximum absolute atomic E-state index is 11.9. The van der Waals surface area contributed by atoms with Gasteiger partial charge in [-0.25, -0.2) is 4.79 Å². The van der Waals surface area contributed by atoms with Crippen molar-refractivity contribution in [2.24, 2.45) is 0 Å². The first kappa shape index (κ1) is 13.2. The van der Waals surface area contributed by atoms with Crippen LogP contribution in [-0.2, 0) is 9.53 Å². The molecular weight excluding hydrogens is 248 g/mol. The zero-order valence-electron chi connectivity index (χ0n) is 9.48.